The number of likely N-dealkylation sites (N-methyl/N-ethyl adjacent to an activating group) is 1. The zero-order valence-corrected chi connectivity index (χ0v) is 10.5. The average Bonchev–Trinajstić information content (AvgIpc) is 3.06. The van der Waals surface area contributed by atoms with Gasteiger partial charge in [-0.25, -0.2) is 4.98 Å². The number of hydrogen-bond acceptors (Lipinski definition) is 4. The van der Waals surface area contributed by atoms with Gasteiger partial charge in [0.1, 0.15) is 30.4 Å². The van der Waals surface area contributed by atoms with Crippen molar-refractivity contribution in [3.8, 4) is 5.75 Å². The van der Waals surface area contributed by atoms with Gasteiger partial charge in [-0.2, -0.15) is 5.10 Å². The predicted octanol–water partition coefficient (Wildman–Crippen LogP) is 0.939. The summed E-state index contributed by atoms with van der Waals surface area (Å²) in [5, 5.41) is 6.52. The van der Waals surface area contributed by atoms with Crippen LogP contribution in [0, 0.1) is 0 Å². The third kappa shape index (κ3) is 2.16. The minimum absolute atomic E-state index is 0.0290. The van der Waals surface area contributed by atoms with Crippen molar-refractivity contribution in [2.45, 2.75) is 12.5 Å². The molecule has 19 heavy (non-hydrogen) atoms. The molecular weight excluding hydrogens is 244 g/mol. The van der Waals surface area contributed by atoms with Crippen LogP contribution in [0.4, 0.5) is 0 Å². The summed E-state index contributed by atoms with van der Waals surface area (Å²) in [5.41, 5.74) is 0.955. The summed E-state index contributed by atoms with van der Waals surface area (Å²) in [4.78, 5) is 18.1. The lowest BCUT2D eigenvalue weighted by Gasteiger charge is -2.19. The van der Waals surface area contributed by atoms with Gasteiger partial charge in [0.2, 0.25) is 5.91 Å². The van der Waals surface area contributed by atoms with Crippen LogP contribution in [0.5, 0.6) is 5.75 Å². The Labute approximate surface area is 110 Å². The topological polar surface area (TPSA) is 71.1 Å². The Morgan fingerprint density at radius 3 is 3.16 bits per heavy atom. The molecule has 0 radical (unpaired) electrons. The summed E-state index contributed by atoms with van der Waals surface area (Å²) in [5.74, 6) is 1.27. The number of ether oxygens (including phenoxy) is 1. The first kappa shape index (κ1) is 11.7. The number of nitrogens with one attached hydrogen (secondary N) is 1. The molecule has 0 spiro atoms. The molecule has 1 aliphatic heterocycles. The number of hydrogen-bond donors (Lipinski definition) is 1. The summed E-state index contributed by atoms with van der Waals surface area (Å²) in [6.07, 6.45) is 1.43. The van der Waals surface area contributed by atoms with E-state index in [-0.39, 0.29) is 11.8 Å². The van der Waals surface area contributed by atoms with Gasteiger partial charge in [0.25, 0.3) is 0 Å². The minimum atomic E-state index is -0.232. The fourth-order valence-corrected chi connectivity index (χ4v) is 2.24. The Kier molecular flexibility index (Phi) is 2.91. The molecule has 0 saturated heterocycles. The molecule has 2 heterocycles. The number of benzene rings is 1. The average molecular weight is 258 g/mol. The van der Waals surface area contributed by atoms with Crippen LogP contribution in [-0.4, -0.2) is 39.6 Å². The summed E-state index contributed by atoms with van der Waals surface area (Å²) in [6, 6.07) is 7.65. The molecule has 1 aliphatic rings. The Morgan fingerprint density at radius 1 is 1.53 bits per heavy atom. The van der Waals surface area contributed by atoms with Crippen LogP contribution in [-0.2, 0) is 11.3 Å². The van der Waals surface area contributed by atoms with Crippen LogP contribution in [0.1, 0.15) is 17.3 Å². The number of nitrogens with zero attached hydrogens (tertiary/aromatic N) is 3. The molecule has 1 amide bonds. The Bertz CT molecular complexity index is 582. The van der Waals surface area contributed by atoms with Crippen LogP contribution in [0.25, 0.3) is 0 Å². The highest BCUT2D eigenvalue weighted by Crippen LogP contribution is 2.34. The van der Waals surface area contributed by atoms with Crippen LogP contribution in [0.3, 0.4) is 0 Å². The van der Waals surface area contributed by atoms with Crippen LogP contribution >= 0.6 is 0 Å². The number of carbonyl (C=O) groups excluding carboxylic acids is 1. The minimum Gasteiger partial charge on any atom is -0.492 e. The molecule has 1 aromatic carbocycles. The molecule has 1 N–H and O–H groups in total. The molecule has 6 nitrogen and oxygen atoms in total. The number of rotatable bonds is 3. The van der Waals surface area contributed by atoms with Gasteiger partial charge in [-0.3, -0.25) is 9.89 Å². The lowest BCUT2D eigenvalue weighted by Crippen LogP contribution is -2.32. The predicted molar refractivity (Wildman–Crippen MR) is 67.5 cm³/mol. The number of amides is 1. The molecule has 0 bridgehead atoms. The Morgan fingerprint density at radius 2 is 2.37 bits per heavy atom. The van der Waals surface area contributed by atoms with E-state index in [0.717, 1.165) is 11.3 Å². The zero-order valence-electron chi connectivity index (χ0n) is 10.5. The summed E-state index contributed by atoms with van der Waals surface area (Å²) in [6.45, 7) is 0.816. The fraction of sp³-hybridized carbons (Fsp3) is 0.308. The molecule has 0 fully saturated rings. The van der Waals surface area contributed by atoms with Gasteiger partial charge in [-0.15, -0.1) is 0 Å². The molecule has 0 aliphatic carbocycles. The van der Waals surface area contributed by atoms with Crippen molar-refractivity contribution in [2.24, 2.45) is 0 Å². The standard InChI is InChI=1S/C13H14N4O2/c1-17(6-12-14-8-15-16-12)13(18)10-7-19-11-5-3-2-4-9(10)11/h2-5,8,10H,6-7H2,1H3,(H,14,15,16). The first-order valence-electron chi connectivity index (χ1n) is 6.06. The molecule has 98 valence electrons. The number of H-pyrrole nitrogens is 1. The van der Waals surface area contributed by atoms with E-state index in [4.69, 9.17) is 4.74 Å². The molecule has 3 rings (SSSR count). The van der Waals surface area contributed by atoms with E-state index in [2.05, 4.69) is 15.2 Å². The summed E-state index contributed by atoms with van der Waals surface area (Å²) in [7, 11) is 1.76. The van der Waals surface area contributed by atoms with Crippen molar-refractivity contribution in [1.82, 2.24) is 20.1 Å². The third-order valence-corrected chi connectivity index (χ3v) is 3.23. The van der Waals surface area contributed by atoms with E-state index >= 15 is 0 Å². The maximum Gasteiger partial charge on any atom is 0.233 e. The summed E-state index contributed by atoms with van der Waals surface area (Å²) >= 11 is 0. The van der Waals surface area contributed by atoms with E-state index in [1.54, 1.807) is 11.9 Å². The monoisotopic (exact) mass is 258 g/mol. The Hall–Kier alpha value is -2.37. The molecule has 2 aromatic rings. The highest BCUT2D eigenvalue weighted by Gasteiger charge is 2.32. The van der Waals surface area contributed by atoms with Gasteiger partial charge < -0.3 is 9.64 Å². The molecule has 6 heteroatoms. The van der Waals surface area contributed by atoms with Gasteiger partial charge in [-0.05, 0) is 6.07 Å². The second-order valence-corrected chi connectivity index (χ2v) is 4.53. The van der Waals surface area contributed by atoms with Crippen molar-refractivity contribution in [3.05, 3.63) is 42.0 Å². The maximum absolute atomic E-state index is 12.4. The van der Waals surface area contributed by atoms with Crippen molar-refractivity contribution in [3.63, 3.8) is 0 Å². The van der Waals surface area contributed by atoms with E-state index in [9.17, 15) is 4.79 Å². The quantitative estimate of drug-likeness (QED) is 0.889. The van der Waals surface area contributed by atoms with Crippen molar-refractivity contribution >= 4 is 5.91 Å². The van der Waals surface area contributed by atoms with Crippen LogP contribution < -0.4 is 4.74 Å². The second-order valence-electron chi connectivity index (χ2n) is 4.53. The number of aromatic nitrogens is 3. The fourth-order valence-electron chi connectivity index (χ4n) is 2.24. The van der Waals surface area contributed by atoms with E-state index in [0.29, 0.717) is 19.0 Å². The Balaban J connectivity index is 1.74. The molecule has 1 atom stereocenters. The van der Waals surface area contributed by atoms with Gasteiger partial charge >= 0.3 is 0 Å². The normalized spacial score (nSPS) is 16.8. The number of fused-ring (bicyclic) bond motifs is 1. The molecule has 1 unspecified atom stereocenters. The zero-order chi connectivity index (χ0) is 13.2. The number of para-hydroxylation sites is 1. The first-order valence-corrected chi connectivity index (χ1v) is 6.06. The maximum atomic E-state index is 12.4. The van der Waals surface area contributed by atoms with Gasteiger partial charge in [0, 0.05) is 12.6 Å². The lowest BCUT2D eigenvalue weighted by atomic mass is 10.00. The highest BCUT2D eigenvalue weighted by molar-refractivity contribution is 5.85. The largest absolute Gasteiger partial charge is 0.492 e. The smallest absolute Gasteiger partial charge is 0.233 e. The van der Waals surface area contributed by atoms with Gasteiger partial charge in [0.05, 0.1) is 6.54 Å². The second kappa shape index (κ2) is 4.72. The molecule has 0 saturated carbocycles. The lowest BCUT2D eigenvalue weighted by molar-refractivity contribution is -0.132. The van der Waals surface area contributed by atoms with Crippen LogP contribution in [0.2, 0.25) is 0 Å². The van der Waals surface area contributed by atoms with E-state index in [1.165, 1.54) is 6.33 Å². The molecule has 1 aromatic heterocycles. The van der Waals surface area contributed by atoms with Gasteiger partial charge in [0.15, 0.2) is 0 Å². The van der Waals surface area contributed by atoms with Crippen molar-refractivity contribution in [1.29, 1.82) is 0 Å². The van der Waals surface area contributed by atoms with E-state index < -0.39 is 0 Å². The number of carbonyl (C=O) groups is 1. The SMILES string of the molecule is CN(Cc1ncn[nH]1)C(=O)C1COc2ccccc21. The third-order valence-electron chi connectivity index (χ3n) is 3.23. The first-order chi connectivity index (χ1) is 9.25. The number of aromatic amines is 1. The van der Waals surface area contributed by atoms with Crippen LogP contribution in [0.15, 0.2) is 30.6 Å². The van der Waals surface area contributed by atoms with E-state index in [1.807, 2.05) is 24.3 Å². The van der Waals surface area contributed by atoms with Gasteiger partial charge in [-0.1, -0.05) is 18.2 Å². The highest BCUT2D eigenvalue weighted by atomic mass is 16.5. The van der Waals surface area contributed by atoms with Crippen molar-refractivity contribution < 1.29 is 9.53 Å². The molecular formula is C13H14N4O2. The summed E-state index contributed by atoms with van der Waals surface area (Å²) < 4.78 is 5.53. The van der Waals surface area contributed by atoms with Crippen molar-refractivity contribution in [2.75, 3.05) is 13.7 Å².